The Bertz CT molecular complexity index is 584. The predicted octanol–water partition coefficient (Wildman–Crippen LogP) is 2.84. The molecule has 0 amide bonds. The second-order valence-corrected chi connectivity index (χ2v) is 5.99. The molecule has 0 atom stereocenters. The number of rotatable bonds is 3. The van der Waals surface area contributed by atoms with Gasteiger partial charge in [0, 0.05) is 19.3 Å². The summed E-state index contributed by atoms with van der Waals surface area (Å²) in [6.45, 7) is 2.36. The van der Waals surface area contributed by atoms with Gasteiger partial charge in [0.15, 0.2) is 5.82 Å². The minimum Gasteiger partial charge on any atom is -0.390 e. The molecular weight excluding hydrogens is 250 g/mol. The third-order valence-corrected chi connectivity index (χ3v) is 4.62. The first-order chi connectivity index (χ1) is 9.70. The SMILES string of the molecule is CC1CCC(N(C)c2nc3ccccn3c2CO)CC1. The Labute approximate surface area is 120 Å². The van der Waals surface area contributed by atoms with Gasteiger partial charge in [0.2, 0.25) is 0 Å². The molecule has 2 heterocycles. The van der Waals surface area contributed by atoms with E-state index < -0.39 is 0 Å². The average Bonchev–Trinajstić information content (AvgIpc) is 2.85. The van der Waals surface area contributed by atoms with Crippen LogP contribution in [0.4, 0.5) is 5.82 Å². The highest BCUT2D eigenvalue weighted by molar-refractivity contribution is 5.56. The van der Waals surface area contributed by atoms with Crippen molar-refractivity contribution in [3.05, 3.63) is 30.1 Å². The van der Waals surface area contributed by atoms with Crippen LogP contribution in [0.2, 0.25) is 0 Å². The highest BCUT2D eigenvalue weighted by Gasteiger charge is 2.25. The van der Waals surface area contributed by atoms with E-state index in [9.17, 15) is 5.11 Å². The predicted molar refractivity (Wildman–Crippen MR) is 80.9 cm³/mol. The van der Waals surface area contributed by atoms with E-state index in [4.69, 9.17) is 4.98 Å². The first-order valence-electron chi connectivity index (χ1n) is 7.50. The molecule has 20 heavy (non-hydrogen) atoms. The Kier molecular flexibility index (Phi) is 3.66. The summed E-state index contributed by atoms with van der Waals surface area (Å²) in [5, 5.41) is 9.71. The van der Waals surface area contributed by atoms with Gasteiger partial charge in [-0.2, -0.15) is 0 Å². The van der Waals surface area contributed by atoms with Crippen LogP contribution in [-0.2, 0) is 6.61 Å². The summed E-state index contributed by atoms with van der Waals surface area (Å²) in [6, 6.07) is 6.48. The van der Waals surface area contributed by atoms with Gasteiger partial charge in [-0.1, -0.05) is 13.0 Å². The summed E-state index contributed by atoms with van der Waals surface area (Å²) < 4.78 is 1.98. The van der Waals surface area contributed by atoms with Crippen molar-refractivity contribution in [1.82, 2.24) is 9.38 Å². The molecule has 1 aliphatic rings. The van der Waals surface area contributed by atoms with Crippen molar-refractivity contribution in [1.29, 1.82) is 0 Å². The molecule has 4 heteroatoms. The second-order valence-electron chi connectivity index (χ2n) is 5.99. The zero-order valence-corrected chi connectivity index (χ0v) is 12.3. The molecular formula is C16H23N3O. The van der Waals surface area contributed by atoms with E-state index >= 15 is 0 Å². The van der Waals surface area contributed by atoms with Crippen molar-refractivity contribution in [2.45, 2.75) is 45.3 Å². The topological polar surface area (TPSA) is 40.8 Å². The summed E-state index contributed by atoms with van der Waals surface area (Å²) in [7, 11) is 2.11. The number of imidazole rings is 1. The van der Waals surface area contributed by atoms with Crippen molar-refractivity contribution in [3.63, 3.8) is 0 Å². The maximum absolute atomic E-state index is 9.71. The number of pyridine rings is 1. The lowest BCUT2D eigenvalue weighted by molar-refractivity contribution is 0.275. The normalized spacial score (nSPS) is 23.1. The maximum atomic E-state index is 9.71. The third kappa shape index (κ3) is 2.29. The Morgan fingerprint density at radius 3 is 2.75 bits per heavy atom. The van der Waals surface area contributed by atoms with E-state index in [1.54, 1.807) is 0 Å². The lowest BCUT2D eigenvalue weighted by atomic mass is 9.87. The average molecular weight is 273 g/mol. The number of hydrogen-bond acceptors (Lipinski definition) is 3. The maximum Gasteiger partial charge on any atom is 0.153 e. The van der Waals surface area contributed by atoms with Crippen LogP contribution in [-0.4, -0.2) is 27.6 Å². The van der Waals surface area contributed by atoms with Gasteiger partial charge in [-0.15, -0.1) is 0 Å². The van der Waals surface area contributed by atoms with E-state index in [1.807, 2.05) is 28.8 Å². The minimum atomic E-state index is 0.0218. The largest absolute Gasteiger partial charge is 0.390 e. The first kappa shape index (κ1) is 13.4. The molecule has 0 bridgehead atoms. The number of hydrogen-bond donors (Lipinski definition) is 1. The smallest absolute Gasteiger partial charge is 0.153 e. The van der Waals surface area contributed by atoms with Crippen LogP contribution in [0.25, 0.3) is 5.65 Å². The number of aliphatic hydroxyl groups excluding tert-OH is 1. The van der Waals surface area contributed by atoms with E-state index in [2.05, 4.69) is 18.9 Å². The van der Waals surface area contributed by atoms with Gasteiger partial charge >= 0.3 is 0 Å². The molecule has 1 fully saturated rings. The van der Waals surface area contributed by atoms with Crippen LogP contribution in [0.5, 0.6) is 0 Å². The minimum absolute atomic E-state index is 0.0218. The molecule has 0 radical (unpaired) electrons. The van der Waals surface area contributed by atoms with Gasteiger partial charge in [-0.25, -0.2) is 4.98 Å². The van der Waals surface area contributed by atoms with E-state index in [0.29, 0.717) is 6.04 Å². The quantitative estimate of drug-likeness (QED) is 0.935. The fourth-order valence-corrected chi connectivity index (χ4v) is 3.27. The second kappa shape index (κ2) is 5.44. The fourth-order valence-electron chi connectivity index (χ4n) is 3.27. The lowest BCUT2D eigenvalue weighted by Gasteiger charge is -2.34. The summed E-state index contributed by atoms with van der Waals surface area (Å²) in [6.07, 6.45) is 6.98. The summed E-state index contributed by atoms with van der Waals surface area (Å²) >= 11 is 0. The van der Waals surface area contributed by atoms with E-state index in [0.717, 1.165) is 23.1 Å². The monoisotopic (exact) mass is 273 g/mol. The third-order valence-electron chi connectivity index (χ3n) is 4.62. The highest BCUT2D eigenvalue weighted by atomic mass is 16.3. The van der Waals surface area contributed by atoms with E-state index in [-0.39, 0.29) is 6.61 Å². The molecule has 2 aromatic heterocycles. The zero-order chi connectivity index (χ0) is 14.1. The standard InChI is InChI=1S/C16H23N3O/c1-12-6-8-13(9-7-12)18(2)16-14(11-20)19-10-4-3-5-15(19)17-16/h3-5,10,12-13,20H,6-9,11H2,1-2H3. The number of aliphatic hydroxyl groups is 1. The van der Waals surface area contributed by atoms with Gasteiger partial charge in [-0.3, -0.25) is 4.40 Å². The van der Waals surface area contributed by atoms with Crippen LogP contribution < -0.4 is 4.90 Å². The molecule has 0 spiro atoms. The van der Waals surface area contributed by atoms with Crippen molar-refractivity contribution < 1.29 is 5.11 Å². The molecule has 0 unspecified atom stereocenters. The van der Waals surface area contributed by atoms with Crippen molar-refractivity contribution in [2.24, 2.45) is 5.92 Å². The summed E-state index contributed by atoms with van der Waals surface area (Å²) in [5.41, 5.74) is 1.80. The number of nitrogens with zero attached hydrogens (tertiary/aromatic N) is 3. The van der Waals surface area contributed by atoms with Crippen LogP contribution in [0.15, 0.2) is 24.4 Å². The number of anilines is 1. The molecule has 1 saturated carbocycles. The molecule has 0 aromatic carbocycles. The van der Waals surface area contributed by atoms with Crippen molar-refractivity contribution in [2.75, 3.05) is 11.9 Å². The van der Waals surface area contributed by atoms with Gasteiger partial charge in [0.1, 0.15) is 5.65 Å². The first-order valence-corrected chi connectivity index (χ1v) is 7.50. The molecule has 2 aromatic rings. The molecule has 108 valence electrons. The van der Waals surface area contributed by atoms with Crippen molar-refractivity contribution >= 4 is 11.5 Å². The number of fused-ring (bicyclic) bond motifs is 1. The molecule has 3 rings (SSSR count). The van der Waals surface area contributed by atoms with Crippen LogP contribution in [0.1, 0.15) is 38.3 Å². The summed E-state index contributed by atoms with van der Waals surface area (Å²) in [4.78, 5) is 6.97. The molecule has 0 saturated heterocycles. The van der Waals surface area contributed by atoms with E-state index in [1.165, 1.54) is 25.7 Å². The molecule has 1 N–H and O–H groups in total. The van der Waals surface area contributed by atoms with Gasteiger partial charge in [0.05, 0.1) is 12.3 Å². The van der Waals surface area contributed by atoms with Gasteiger partial charge in [-0.05, 0) is 43.7 Å². The van der Waals surface area contributed by atoms with Crippen molar-refractivity contribution in [3.8, 4) is 0 Å². The molecule has 4 nitrogen and oxygen atoms in total. The Morgan fingerprint density at radius 1 is 1.30 bits per heavy atom. The Morgan fingerprint density at radius 2 is 2.05 bits per heavy atom. The zero-order valence-electron chi connectivity index (χ0n) is 12.3. The molecule has 1 aliphatic carbocycles. The summed E-state index contributed by atoms with van der Waals surface area (Å²) in [5.74, 6) is 1.77. The van der Waals surface area contributed by atoms with Crippen LogP contribution in [0, 0.1) is 5.92 Å². The molecule has 0 aliphatic heterocycles. The highest BCUT2D eigenvalue weighted by Crippen LogP contribution is 2.30. The van der Waals surface area contributed by atoms with Gasteiger partial charge < -0.3 is 10.0 Å². The Hall–Kier alpha value is -1.55. The number of aromatic nitrogens is 2. The fraction of sp³-hybridized carbons (Fsp3) is 0.562. The van der Waals surface area contributed by atoms with Crippen LogP contribution >= 0.6 is 0 Å². The van der Waals surface area contributed by atoms with Crippen LogP contribution in [0.3, 0.4) is 0 Å². The Balaban J connectivity index is 1.92. The van der Waals surface area contributed by atoms with Gasteiger partial charge in [0.25, 0.3) is 0 Å². The lowest BCUT2D eigenvalue weighted by Crippen LogP contribution is -2.35.